The van der Waals surface area contributed by atoms with Crippen LogP contribution in [0.15, 0.2) is 67.0 Å². The fourth-order valence-corrected chi connectivity index (χ4v) is 3.53. The Morgan fingerprint density at radius 1 is 0.920 bits per heavy atom. The van der Waals surface area contributed by atoms with E-state index in [2.05, 4.69) is 90.6 Å². The second kappa shape index (κ2) is 6.79. The number of fused-ring (bicyclic) bond motifs is 1. The van der Waals surface area contributed by atoms with Gasteiger partial charge in [-0.1, -0.05) is 60.7 Å². The first-order valence-electron chi connectivity index (χ1n) is 7.96. The van der Waals surface area contributed by atoms with E-state index in [0.717, 1.165) is 12.2 Å². The summed E-state index contributed by atoms with van der Waals surface area (Å²) in [6.07, 6.45) is 1.80. The summed E-state index contributed by atoms with van der Waals surface area (Å²) >= 11 is 2.08. The van der Waals surface area contributed by atoms with E-state index in [9.17, 15) is 0 Å². The van der Waals surface area contributed by atoms with Gasteiger partial charge >= 0.3 is 0 Å². The average Bonchev–Trinajstić information content (AvgIpc) is 3.04. The molecule has 4 rings (SSSR count). The molecule has 0 amide bonds. The van der Waals surface area contributed by atoms with Crippen molar-refractivity contribution in [3.05, 3.63) is 81.9 Å². The summed E-state index contributed by atoms with van der Waals surface area (Å²) in [6.45, 7) is 0.733. The number of hydrogen-bond donors (Lipinski definition) is 1. The summed E-state index contributed by atoms with van der Waals surface area (Å²) < 4.78 is 2.68. The number of benzene rings is 2. The van der Waals surface area contributed by atoms with Gasteiger partial charge in [0.05, 0.1) is 6.33 Å². The minimum absolute atomic E-state index is 0.202. The Labute approximate surface area is 159 Å². The molecule has 0 aliphatic rings. The molecule has 2 N–H and O–H groups in total. The lowest BCUT2D eigenvalue weighted by molar-refractivity contribution is 0.634. The van der Waals surface area contributed by atoms with Gasteiger partial charge in [0, 0.05) is 35.1 Å². The van der Waals surface area contributed by atoms with E-state index in [4.69, 9.17) is 5.73 Å². The highest BCUT2D eigenvalue weighted by molar-refractivity contribution is 14.1. The molecule has 0 atom stereocenters. The van der Waals surface area contributed by atoms with E-state index in [1.54, 1.807) is 6.33 Å². The molecule has 2 heterocycles. The molecule has 0 spiro atoms. The molecule has 4 aromatic rings. The van der Waals surface area contributed by atoms with Crippen molar-refractivity contribution in [3.63, 3.8) is 0 Å². The zero-order valence-electron chi connectivity index (χ0n) is 13.4. The number of hydrogen-bond acceptors (Lipinski definition) is 4. The number of nitrogens with two attached hydrogens (primary N) is 1. The largest absolute Gasteiger partial charge is 0.382 e. The highest BCUT2D eigenvalue weighted by atomic mass is 127. The Morgan fingerprint density at radius 2 is 1.52 bits per heavy atom. The third-order valence-corrected chi connectivity index (χ3v) is 4.73. The lowest BCUT2D eigenvalue weighted by Gasteiger charge is -2.19. The molecular formula is C19H16IN5. The number of nitrogen functional groups attached to an aromatic ring is 1. The first-order valence-corrected chi connectivity index (χ1v) is 9.04. The van der Waals surface area contributed by atoms with Crippen molar-refractivity contribution in [1.82, 2.24) is 19.5 Å². The molecule has 0 aliphatic carbocycles. The smallest absolute Gasteiger partial charge is 0.194 e. The number of imidazole rings is 1. The highest BCUT2D eigenvalue weighted by Crippen LogP contribution is 2.28. The molecule has 0 saturated carbocycles. The minimum Gasteiger partial charge on any atom is -0.382 e. The van der Waals surface area contributed by atoms with Crippen LogP contribution in [0.2, 0.25) is 0 Å². The number of aromatic nitrogens is 4. The monoisotopic (exact) mass is 441 g/mol. The number of anilines is 1. The molecule has 5 nitrogen and oxygen atoms in total. The second-order valence-electron chi connectivity index (χ2n) is 5.82. The maximum Gasteiger partial charge on any atom is 0.194 e. The summed E-state index contributed by atoms with van der Waals surface area (Å²) in [4.78, 5) is 13.1. The summed E-state index contributed by atoms with van der Waals surface area (Å²) in [7, 11) is 0. The van der Waals surface area contributed by atoms with Crippen molar-refractivity contribution in [2.24, 2.45) is 0 Å². The predicted octanol–water partition coefficient (Wildman–Crippen LogP) is 3.85. The molecule has 25 heavy (non-hydrogen) atoms. The van der Waals surface area contributed by atoms with Crippen molar-refractivity contribution in [2.45, 2.75) is 12.5 Å². The minimum atomic E-state index is 0.202. The first kappa shape index (κ1) is 16.0. The summed E-state index contributed by atoms with van der Waals surface area (Å²) in [5.41, 5.74) is 9.93. The van der Waals surface area contributed by atoms with Gasteiger partial charge < -0.3 is 10.3 Å². The van der Waals surface area contributed by atoms with Crippen LogP contribution in [0, 0.1) is 3.83 Å². The topological polar surface area (TPSA) is 69.6 Å². The van der Waals surface area contributed by atoms with Crippen LogP contribution >= 0.6 is 22.6 Å². The summed E-state index contributed by atoms with van der Waals surface area (Å²) in [5, 5.41) is 0. The van der Waals surface area contributed by atoms with Gasteiger partial charge in [-0.25, -0.2) is 15.0 Å². The molecule has 0 bridgehead atoms. The van der Waals surface area contributed by atoms with Crippen LogP contribution in [0.25, 0.3) is 11.2 Å². The Hall–Kier alpha value is -2.48. The molecule has 0 aliphatic heterocycles. The Bertz CT molecular complexity index is 959. The van der Waals surface area contributed by atoms with Gasteiger partial charge in [-0.3, -0.25) is 0 Å². The average molecular weight is 441 g/mol. The lowest BCUT2D eigenvalue weighted by Crippen LogP contribution is -2.11. The molecule has 0 saturated heterocycles. The highest BCUT2D eigenvalue weighted by Gasteiger charge is 2.18. The van der Waals surface area contributed by atoms with Crippen LogP contribution in [-0.2, 0) is 6.54 Å². The molecule has 0 unspecified atom stereocenters. The first-order chi connectivity index (χ1) is 12.2. The standard InChI is InChI=1S/C19H16IN5/c20-19-23-17(21)16-18(24-19)25(12-22-16)11-15(13-7-3-1-4-8-13)14-9-5-2-6-10-14/h1-10,12,15H,11H2,(H2,21,23,24). The fraction of sp³-hybridized carbons (Fsp3) is 0.105. The van der Waals surface area contributed by atoms with Gasteiger partial charge in [-0.15, -0.1) is 0 Å². The van der Waals surface area contributed by atoms with Crippen molar-refractivity contribution in [2.75, 3.05) is 5.73 Å². The molecule has 0 fully saturated rings. The van der Waals surface area contributed by atoms with Crippen LogP contribution in [0.5, 0.6) is 0 Å². The quantitative estimate of drug-likeness (QED) is 0.386. The lowest BCUT2D eigenvalue weighted by atomic mass is 9.91. The zero-order chi connectivity index (χ0) is 17.2. The molecule has 0 radical (unpaired) electrons. The van der Waals surface area contributed by atoms with E-state index in [1.807, 2.05) is 12.1 Å². The maximum atomic E-state index is 5.99. The predicted molar refractivity (Wildman–Crippen MR) is 107 cm³/mol. The van der Waals surface area contributed by atoms with Crippen molar-refractivity contribution >= 4 is 39.6 Å². The van der Waals surface area contributed by atoms with Gasteiger partial charge in [0.25, 0.3) is 0 Å². The van der Waals surface area contributed by atoms with E-state index < -0.39 is 0 Å². The van der Waals surface area contributed by atoms with Gasteiger partial charge in [0.15, 0.2) is 15.3 Å². The number of nitrogens with zero attached hydrogens (tertiary/aromatic N) is 4. The van der Waals surface area contributed by atoms with Crippen LogP contribution in [0.3, 0.4) is 0 Å². The second-order valence-corrected chi connectivity index (χ2v) is 6.79. The molecule has 124 valence electrons. The Balaban J connectivity index is 1.80. The molecule has 6 heteroatoms. The van der Waals surface area contributed by atoms with Gasteiger partial charge in [0.2, 0.25) is 0 Å². The van der Waals surface area contributed by atoms with Crippen LogP contribution in [-0.4, -0.2) is 19.5 Å². The molecular weight excluding hydrogens is 425 g/mol. The third kappa shape index (κ3) is 3.21. The molecule has 2 aromatic heterocycles. The fourth-order valence-electron chi connectivity index (χ4n) is 3.04. The van der Waals surface area contributed by atoms with E-state index in [1.165, 1.54) is 11.1 Å². The van der Waals surface area contributed by atoms with Crippen LogP contribution in [0.1, 0.15) is 17.0 Å². The Morgan fingerprint density at radius 3 is 2.12 bits per heavy atom. The van der Waals surface area contributed by atoms with E-state index >= 15 is 0 Å². The SMILES string of the molecule is Nc1nc(I)nc2c1ncn2CC(c1ccccc1)c1ccccc1. The zero-order valence-corrected chi connectivity index (χ0v) is 15.5. The van der Waals surface area contributed by atoms with Crippen molar-refractivity contribution in [3.8, 4) is 0 Å². The van der Waals surface area contributed by atoms with Gasteiger partial charge in [0.1, 0.15) is 5.52 Å². The van der Waals surface area contributed by atoms with E-state index in [-0.39, 0.29) is 5.92 Å². The van der Waals surface area contributed by atoms with E-state index in [0.29, 0.717) is 15.2 Å². The van der Waals surface area contributed by atoms with Crippen molar-refractivity contribution < 1.29 is 0 Å². The van der Waals surface area contributed by atoms with Crippen molar-refractivity contribution in [1.29, 1.82) is 0 Å². The third-order valence-electron chi connectivity index (χ3n) is 4.25. The summed E-state index contributed by atoms with van der Waals surface area (Å²) in [6, 6.07) is 21.0. The Kier molecular flexibility index (Phi) is 4.35. The van der Waals surface area contributed by atoms with Crippen LogP contribution in [0.4, 0.5) is 5.82 Å². The normalized spacial score (nSPS) is 11.3. The molecule has 2 aromatic carbocycles. The van der Waals surface area contributed by atoms with Gasteiger partial charge in [-0.2, -0.15) is 0 Å². The summed E-state index contributed by atoms with van der Waals surface area (Å²) in [5.74, 6) is 0.623. The van der Waals surface area contributed by atoms with Gasteiger partial charge in [-0.05, 0) is 11.1 Å². The number of halogens is 1. The van der Waals surface area contributed by atoms with Crippen LogP contribution < -0.4 is 5.73 Å². The maximum absolute atomic E-state index is 5.99. The number of rotatable bonds is 4.